The van der Waals surface area contributed by atoms with Crippen LogP contribution in [0.15, 0.2) is 36.5 Å². The van der Waals surface area contributed by atoms with Gasteiger partial charge in [0.2, 0.25) is 0 Å². The molecule has 0 saturated carbocycles. The lowest BCUT2D eigenvalue weighted by atomic mass is 10.1. The molecule has 0 spiro atoms. The lowest BCUT2D eigenvalue weighted by Crippen LogP contribution is -2.50. The van der Waals surface area contributed by atoms with E-state index >= 15 is 0 Å². The second-order valence-corrected chi connectivity index (χ2v) is 9.82. The third-order valence-corrected chi connectivity index (χ3v) is 6.34. The summed E-state index contributed by atoms with van der Waals surface area (Å²) in [5.41, 5.74) is -0.330. The summed E-state index contributed by atoms with van der Waals surface area (Å²) >= 11 is 12.3. The number of nitrogens with zero attached hydrogens (tertiary/aromatic N) is 8. The molecule has 0 atom stereocenters. The van der Waals surface area contributed by atoms with Gasteiger partial charge in [0.05, 0.1) is 28.0 Å². The standard InChI is InChI=1S/C24H15Cl2F7N10O2/c1-11-7-12(25)8-14(19(44)36-6-4-34)17(11)37-20(45)16-9-13(39-43(16)18-15(26)3-2-5-35-18)10-42-40-21(38-41-42)22(27,28)23(29,30)24(31,32)33/h2-3,5,7-9H,6,10H2,1H3,(H,36,44)(H,37,45). The Morgan fingerprint density at radius 2 is 1.76 bits per heavy atom. The van der Waals surface area contributed by atoms with Gasteiger partial charge < -0.3 is 10.6 Å². The Labute approximate surface area is 256 Å². The van der Waals surface area contributed by atoms with Crippen molar-refractivity contribution in [2.75, 3.05) is 11.9 Å². The maximum Gasteiger partial charge on any atom is 0.460 e. The predicted molar refractivity (Wildman–Crippen MR) is 140 cm³/mol. The number of alkyl halides is 7. The molecule has 2 amide bonds. The number of carbonyl (C=O) groups is 2. The summed E-state index contributed by atoms with van der Waals surface area (Å²) in [7, 11) is 0. The van der Waals surface area contributed by atoms with Crippen molar-refractivity contribution in [1.82, 2.24) is 40.3 Å². The molecule has 2 N–H and O–H groups in total. The molecule has 0 saturated heterocycles. The highest BCUT2D eigenvalue weighted by molar-refractivity contribution is 6.32. The molecule has 0 fully saturated rings. The highest BCUT2D eigenvalue weighted by atomic mass is 35.5. The molecular formula is C24H15Cl2F7N10O2. The van der Waals surface area contributed by atoms with Crippen LogP contribution in [0, 0.1) is 18.3 Å². The maximum absolute atomic E-state index is 14.0. The van der Waals surface area contributed by atoms with Gasteiger partial charge in [-0.25, -0.2) is 9.67 Å². The van der Waals surface area contributed by atoms with Crippen molar-refractivity contribution < 1.29 is 40.3 Å². The zero-order valence-corrected chi connectivity index (χ0v) is 23.7. The molecule has 0 unspecified atom stereocenters. The van der Waals surface area contributed by atoms with Crippen molar-refractivity contribution in [3.05, 3.63) is 74.9 Å². The minimum absolute atomic E-state index is 0.0170. The van der Waals surface area contributed by atoms with Crippen LogP contribution < -0.4 is 10.6 Å². The summed E-state index contributed by atoms with van der Waals surface area (Å²) in [6, 6.07) is 8.31. The van der Waals surface area contributed by atoms with E-state index in [0.29, 0.717) is 5.56 Å². The summed E-state index contributed by atoms with van der Waals surface area (Å²) in [5, 5.41) is 26.6. The van der Waals surface area contributed by atoms with Gasteiger partial charge >= 0.3 is 18.0 Å². The number of aryl methyl sites for hydroxylation is 1. The fourth-order valence-electron chi connectivity index (χ4n) is 3.74. The smallest absolute Gasteiger partial charge is 0.339 e. The molecule has 0 aliphatic rings. The van der Waals surface area contributed by atoms with E-state index in [0.717, 1.165) is 10.7 Å². The fourth-order valence-corrected chi connectivity index (χ4v) is 4.22. The van der Waals surface area contributed by atoms with Crippen molar-refractivity contribution in [2.45, 2.75) is 31.5 Å². The minimum Gasteiger partial charge on any atom is -0.339 e. The number of tetrazole rings is 1. The van der Waals surface area contributed by atoms with Crippen LogP contribution in [0.25, 0.3) is 5.82 Å². The second kappa shape index (κ2) is 12.3. The van der Waals surface area contributed by atoms with Crippen LogP contribution in [0.5, 0.6) is 0 Å². The lowest BCUT2D eigenvalue weighted by Gasteiger charge is -2.25. The first-order chi connectivity index (χ1) is 21.0. The molecule has 0 aliphatic heterocycles. The Hall–Kier alpha value is -4.83. The Morgan fingerprint density at radius 3 is 2.40 bits per heavy atom. The minimum atomic E-state index is -6.62. The average molecular weight is 679 g/mol. The van der Waals surface area contributed by atoms with E-state index in [1.165, 1.54) is 37.4 Å². The fraction of sp³-hybridized carbons (Fsp3) is 0.250. The first-order valence-electron chi connectivity index (χ1n) is 12.0. The quantitative estimate of drug-likeness (QED) is 0.190. The molecular weight excluding hydrogens is 664 g/mol. The van der Waals surface area contributed by atoms with E-state index in [9.17, 15) is 40.3 Å². The molecule has 4 aromatic rings. The number of aromatic nitrogens is 7. The Bertz CT molecular complexity index is 1820. The number of nitrogens with one attached hydrogen (secondary N) is 2. The van der Waals surface area contributed by atoms with Crippen molar-refractivity contribution >= 4 is 40.7 Å². The molecule has 0 radical (unpaired) electrons. The Kier molecular flexibility index (Phi) is 9.02. The average Bonchev–Trinajstić information content (AvgIpc) is 3.60. The third-order valence-electron chi connectivity index (χ3n) is 5.83. The van der Waals surface area contributed by atoms with Gasteiger partial charge in [-0.1, -0.05) is 23.2 Å². The Balaban J connectivity index is 1.72. The second-order valence-electron chi connectivity index (χ2n) is 8.97. The molecule has 3 aromatic heterocycles. The molecule has 0 aliphatic carbocycles. The normalized spacial score (nSPS) is 12.1. The molecule has 45 heavy (non-hydrogen) atoms. The zero-order chi connectivity index (χ0) is 33.3. The van der Waals surface area contributed by atoms with Crippen LogP contribution >= 0.6 is 23.2 Å². The zero-order valence-electron chi connectivity index (χ0n) is 22.2. The molecule has 12 nitrogen and oxygen atoms in total. The molecule has 21 heteroatoms. The molecule has 236 valence electrons. The van der Waals surface area contributed by atoms with Crippen molar-refractivity contribution in [3.8, 4) is 11.9 Å². The van der Waals surface area contributed by atoms with Crippen LogP contribution in [0.2, 0.25) is 10.0 Å². The van der Waals surface area contributed by atoms with Crippen LogP contribution in [-0.2, 0) is 12.5 Å². The van der Waals surface area contributed by atoms with Crippen LogP contribution in [0.4, 0.5) is 36.4 Å². The van der Waals surface area contributed by atoms with Crippen LogP contribution in [-0.4, -0.2) is 65.4 Å². The van der Waals surface area contributed by atoms with E-state index in [-0.39, 0.29) is 49.8 Å². The van der Waals surface area contributed by atoms with Gasteiger partial charge in [0.25, 0.3) is 17.6 Å². The van der Waals surface area contributed by atoms with Crippen molar-refractivity contribution in [2.24, 2.45) is 0 Å². The Morgan fingerprint density at radius 1 is 1.04 bits per heavy atom. The number of amides is 2. The first kappa shape index (κ1) is 33.1. The summed E-state index contributed by atoms with van der Waals surface area (Å²) in [6.07, 6.45) is -5.33. The number of anilines is 1. The number of carbonyl (C=O) groups excluding carboxylic acids is 2. The topological polar surface area (TPSA) is 156 Å². The van der Waals surface area contributed by atoms with Gasteiger partial charge in [0.1, 0.15) is 18.8 Å². The number of hydrogen-bond acceptors (Lipinski definition) is 8. The highest BCUT2D eigenvalue weighted by Gasteiger charge is 2.75. The van der Waals surface area contributed by atoms with Crippen LogP contribution in [0.1, 0.15) is 37.9 Å². The van der Waals surface area contributed by atoms with Gasteiger partial charge in [0, 0.05) is 11.2 Å². The highest BCUT2D eigenvalue weighted by Crippen LogP contribution is 2.50. The van der Waals surface area contributed by atoms with E-state index in [1.54, 1.807) is 6.07 Å². The maximum atomic E-state index is 14.0. The van der Waals surface area contributed by atoms with Gasteiger partial charge in [-0.2, -0.15) is 45.9 Å². The first-order valence-corrected chi connectivity index (χ1v) is 12.8. The van der Waals surface area contributed by atoms with E-state index in [2.05, 4.69) is 36.1 Å². The lowest BCUT2D eigenvalue weighted by molar-refractivity contribution is -0.361. The molecule has 3 heterocycles. The monoisotopic (exact) mass is 678 g/mol. The van der Waals surface area contributed by atoms with Gasteiger partial charge in [-0.3, -0.25) is 9.59 Å². The van der Waals surface area contributed by atoms with E-state index < -0.39 is 42.2 Å². The molecule has 0 bridgehead atoms. The summed E-state index contributed by atoms with van der Waals surface area (Å²) in [6.45, 7) is 0.414. The largest absolute Gasteiger partial charge is 0.460 e. The third kappa shape index (κ3) is 6.51. The van der Waals surface area contributed by atoms with E-state index in [4.69, 9.17) is 28.5 Å². The number of nitriles is 1. The number of rotatable bonds is 9. The summed E-state index contributed by atoms with van der Waals surface area (Å²) in [4.78, 5) is 30.5. The van der Waals surface area contributed by atoms with Crippen molar-refractivity contribution in [1.29, 1.82) is 5.26 Å². The van der Waals surface area contributed by atoms with Gasteiger partial charge in [0.15, 0.2) is 5.82 Å². The van der Waals surface area contributed by atoms with E-state index in [1.807, 2.05) is 0 Å². The number of pyridine rings is 1. The van der Waals surface area contributed by atoms with Crippen LogP contribution in [0.3, 0.4) is 0 Å². The molecule has 1 aromatic carbocycles. The number of hydrogen-bond donors (Lipinski definition) is 2. The molecule has 4 rings (SSSR count). The van der Waals surface area contributed by atoms with Crippen molar-refractivity contribution in [3.63, 3.8) is 0 Å². The SMILES string of the molecule is Cc1cc(Cl)cc(C(=O)NCC#N)c1NC(=O)c1cc(Cn2nnc(C(F)(F)C(F)(F)C(F)(F)F)n2)nn1-c1ncccc1Cl. The number of halogens is 9. The number of benzene rings is 1. The predicted octanol–water partition coefficient (Wildman–Crippen LogP) is 4.71. The summed E-state index contributed by atoms with van der Waals surface area (Å²) in [5.74, 6) is -16.4. The summed E-state index contributed by atoms with van der Waals surface area (Å²) < 4.78 is 93.7. The van der Waals surface area contributed by atoms with Gasteiger partial charge in [-0.15, -0.1) is 10.2 Å². The van der Waals surface area contributed by atoms with Gasteiger partial charge in [-0.05, 0) is 48.0 Å².